The van der Waals surface area contributed by atoms with E-state index in [1.807, 2.05) is 41.3 Å². The number of amides is 1. The van der Waals surface area contributed by atoms with Gasteiger partial charge >= 0.3 is 0 Å². The number of benzene rings is 2. The molecule has 1 atom stereocenters. The maximum Gasteiger partial charge on any atom is 0.267 e. The maximum absolute atomic E-state index is 13.9. The van der Waals surface area contributed by atoms with Gasteiger partial charge < -0.3 is 14.4 Å². The quantitative estimate of drug-likeness (QED) is 0.833. The fraction of sp³-hybridized carbons (Fsp3) is 0.381. The number of hydrogen-bond acceptors (Lipinski definition) is 4. The molecule has 0 aliphatic carbocycles. The summed E-state index contributed by atoms with van der Waals surface area (Å²) in [4.78, 5) is 16.9. The predicted molar refractivity (Wildman–Crippen MR) is 99.2 cm³/mol. The summed E-state index contributed by atoms with van der Waals surface area (Å²) in [6.07, 6.45) is 0.239. The summed E-state index contributed by atoms with van der Waals surface area (Å²) in [6.45, 7) is 3.62. The van der Waals surface area contributed by atoms with Gasteiger partial charge in [0, 0.05) is 38.3 Å². The Labute approximate surface area is 158 Å². The molecule has 2 heterocycles. The van der Waals surface area contributed by atoms with Gasteiger partial charge in [0.15, 0.2) is 11.5 Å². The number of ether oxygens (including phenoxy) is 2. The summed E-state index contributed by atoms with van der Waals surface area (Å²) in [5.74, 6) is 1.06. The molecule has 2 aliphatic heterocycles. The molecule has 0 aromatic heterocycles. The van der Waals surface area contributed by atoms with Gasteiger partial charge in [-0.25, -0.2) is 4.39 Å². The van der Waals surface area contributed by atoms with E-state index in [0.717, 1.165) is 13.0 Å². The van der Waals surface area contributed by atoms with Crippen molar-refractivity contribution in [3.63, 3.8) is 0 Å². The summed E-state index contributed by atoms with van der Waals surface area (Å²) < 4.78 is 25.4. The lowest BCUT2D eigenvalue weighted by atomic mass is 10.2. The van der Waals surface area contributed by atoms with Crippen LogP contribution in [0.3, 0.4) is 0 Å². The molecule has 142 valence electrons. The van der Waals surface area contributed by atoms with Crippen molar-refractivity contribution in [2.45, 2.75) is 19.1 Å². The van der Waals surface area contributed by atoms with E-state index in [1.165, 1.54) is 6.07 Å². The Morgan fingerprint density at radius 2 is 1.78 bits per heavy atom. The van der Waals surface area contributed by atoms with Crippen LogP contribution in [0.15, 0.2) is 48.5 Å². The molecule has 1 saturated heterocycles. The minimum absolute atomic E-state index is 0.0442. The molecule has 0 bridgehead atoms. The lowest BCUT2D eigenvalue weighted by Crippen LogP contribution is -2.47. The highest BCUT2D eigenvalue weighted by Gasteiger charge is 2.31. The Morgan fingerprint density at radius 1 is 1.00 bits per heavy atom. The number of fused-ring (bicyclic) bond motifs is 1. The monoisotopic (exact) mass is 370 g/mol. The second kappa shape index (κ2) is 7.96. The number of carbonyl (C=O) groups is 1. The Bertz CT molecular complexity index is 814. The van der Waals surface area contributed by atoms with E-state index in [4.69, 9.17) is 9.47 Å². The molecular weight excluding hydrogens is 347 g/mol. The van der Waals surface area contributed by atoms with Gasteiger partial charge in [0.2, 0.25) is 6.10 Å². The molecule has 1 amide bonds. The third-order valence-electron chi connectivity index (χ3n) is 5.04. The average Bonchev–Trinajstić information content (AvgIpc) is 2.94. The first-order chi connectivity index (χ1) is 13.2. The van der Waals surface area contributed by atoms with Crippen LogP contribution >= 0.6 is 0 Å². The molecule has 1 unspecified atom stereocenters. The zero-order chi connectivity index (χ0) is 18.6. The minimum Gasteiger partial charge on any atom is -0.485 e. The number of carbonyl (C=O) groups excluding carboxylic acids is 1. The van der Waals surface area contributed by atoms with Crippen molar-refractivity contribution in [2.75, 3.05) is 32.8 Å². The Kier molecular flexibility index (Phi) is 5.25. The van der Waals surface area contributed by atoms with Crippen molar-refractivity contribution < 1.29 is 18.7 Å². The normalized spacial score (nSPS) is 20.2. The van der Waals surface area contributed by atoms with E-state index in [0.29, 0.717) is 43.2 Å². The molecule has 2 aromatic rings. The van der Waals surface area contributed by atoms with Crippen LogP contribution in [0.1, 0.15) is 12.0 Å². The molecule has 5 nitrogen and oxygen atoms in total. The highest BCUT2D eigenvalue weighted by molar-refractivity contribution is 5.82. The van der Waals surface area contributed by atoms with E-state index in [9.17, 15) is 9.18 Å². The maximum atomic E-state index is 13.9. The molecule has 0 saturated carbocycles. The van der Waals surface area contributed by atoms with Crippen molar-refractivity contribution >= 4 is 5.91 Å². The Hall–Kier alpha value is -2.60. The van der Waals surface area contributed by atoms with Crippen molar-refractivity contribution in [1.29, 1.82) is 0 Å². The van der Waals surface area contributed by atoms with Crippen LogP contribution in [0, 0.1) is 5.82 Å². The molecule has 0 radical (unpaired) electrons. The highest BCUT2D eigenvalue weighted by Crippen LogP contribution is 2.31. The van der Waals surface area contributed by atoms with Crippen molar-refractivity contribution in [3.05, 3.63) is 59.9 Å². The molecule has 4 rings (SSSR count). The van der Waals surface area contributed by atoms with Gasteiger partial charge in [-0.15, -0.1) is 0 Å². The van der Waals surface area contributed by atoms with Gasteiger partial charge in [-0.1, -0.05) is 30.3 Å². The van der Waals surface area contributed by atoms with Gasteiger partial charge in [-0.3, -0.25) is 9.69 Å². The molecule has 1 fully saturated rings. The smallest absolute Gasteiger partial charge is 0.267 e. The number of para-hydroxylation sites is 2. The van der Waals surface area contributed by atoms with Crippen LogP contribution in [0.2, 0.25) is 0 Å². The number of halogens is 1. The van der Waals surface area contributed by atoms with Crippen LogP contribution in [0.25, 0.3) is 0 Å². The largest absolute Gasteiger partial charge is 0.485 e. The molecule has 0 N–H and O–H groups in total. The fourth-order valence-corrected chi connectivity index (χ4v) is 3.56. The van der Waals surface area contributed by atoms with Gasteiger partial charge in [0.05, 0.1) is 0 Å². The van der Waals surface area contributed by atoms with Gasteiger partial charge in [0.25, 0.3) is 5.91 Å². The summed E-state index contributed by atoms with van der Waals surface area (Å²) in [5.41, 5.74) is 0.692. The van der Waals surface area contributed by atoms with Crippen LogP contribution < -0.4 is 9.47 Å². The van der Waals surface area contributed by atoms with Crippen molar-refractivity contribution in [1.82, 2.24) is 9.80 Å². The summed E-state index contributed by atoms with van der Waals surface area (Å²) in [5, 5.41) is 0. The van der Waals surface area contributed by atoms with E-state index < -0.39 is 6.10 Å². The second-order valence-electron chi connectivity index (χ2n) is 6.91. The van der Waals surface area contributed by atoms with Gasteiger partial charge in [0.1, 0.15) is 12.4 Å². The van der Waals surface area contributed by atoms with Crippen molar-refractivity contribution in [3.8, 4) is 11.5 Å². The molecule has 2 aromatic carbocycles. The van der Waals surface area contributed by atoms with Crippen LogP contribution in [-0.2, 0) is 11.3 Å². The van der Waals surface area contributed by atoms with E-state index in [-0.39, 0.29) is 18.3 Å². The van der Waals surface area contributed by atoms with E-state index in [1.54, 1.807) is 6.07 Å². The Morgan fingerprint density at radius 3 is 2.63 bits per heavy atom. The van der Waals surface area contributed by atoms with E-state index in [2.05, 4.69) is 4.90 Å². The highest BCUT2D eigenvalue weighted by atomic mass is 19.1. The fourth-order valence-electron chi connectivity index (χ4n) is 3.56. The first kappa shape index (κ1) is 17.8. The van der Waals surface area contributed by atoms with Crippen molar-refractivity contribution in [2.24, 2.45) is 0 Å². The first-order valence-electron chi connectivity index (χ1n) is 9.34. The van der Waals surface area contributed by atoms with Crippen LogP contribution in [0.5, 0.6) is 11.5 Å². The summed E-state index contributed by atoms with van der Waals surface area (Å²) in [7, 11) is 0. The average molecular weight is 370 g/mol. The Balaban J connectivity index is 1.35. The number of nitrogens with zero attached hydrogens (tertiary/aromatic N) is 2. The molecule has 2 aliphatic rings. The minimum atomic E-state index is -0.613. The SMILES string of the molecule is O=C(C1COc2ccccc2O1)N1CCCN(Cc2ccccc2F)CC1. The molecular formula is C21H23FN2O3. The first-order valence-corrected chi connectivity index (χ1v) is 9.34. The number of rotatable bonds is 3. The van der Waals surface area contributed by atoms with Crippen LogP contribution in [0.4, 0.5) is 4.39 Å². The second-order valence-corrected chi connectivity index (χ2v) is 6.91. The molecule has 6 heteroatoms. The zero-order valence-corrected chi connectivity index (χ0v) is 15.1. The molecule has 27 heavy (non-hydrogen) atoms. The van der Waals surface area contributed by atoms with Crippen LogP contribution in [-0.4, -0.2) is 54.6 Å². The lowest BCUT2D eigenvalue weighted by Gasteiger charge is -2.30. The van der Waals surface area contributed by atoms with E-state index >= 15 is 0 Å². The zero-order valence-electron chi connectivity index (χ0n) is 15.1. The third kappa shape index (κ3) is 4.06. The summed E-state index contributed by atoms with van der Waals surface area (Å²) in [6, 6.07) is 14.2. The predicted octanol–water partition coefficient (Wildman–Crippen LogP) is 2.70. The topological polar surface area (TPSA) is 42.0 Å². The molecule has 0 spiro atoms. The third-order valence-corrected chi connectivity index (χ3v) is 5.04. The van der Waals surface area contributed by atoms with Gasteiger partial charge in [-0.2, -0.15) is 0 Å². The standard InChI is InChI=1S/C21H23FN2O3/c22-17-7-2-1-6-16(17)14-23-10-5-11-24(13-12-23)21(25)20-15-26-18-8-3-4-9-19(18)27-20/h1-4,6-9,20H,5,10-15H2. The lowest BCUT2D eigenvalue weighted by molar-refractivity contribution is -0.141. The van der Waals surface area contributed by atoms with Gasteiger partial charge in [-0.05, 0) is 24.6 Å². The number of hydrogen-bond donors (Lipinski definition) is 0. The summed E-state index contributed by atoms with van der Waals surface area (Å²) >= 11 is 0.